The van der Waals surface area contributed by atoms with Crippen LogP contribution in [0.15, 0.2) is 42.5 Å². The van der Waals surface area contributed by atoms with Crippen molar-refractivity contribution in [2.75, 3.05) is 17.6 Å². The van der Waals surface area contributed by atoms with Gasteiger partial charge in [0, 0.05) is 17.1 Å². The Balaban J connectivity index is 1.47. The first-order chi connectivity index (χ1) is 14.5. The fourth-order valence-electron chi connectivity index (χ4n) is 3.12. The monoisotopic (exact) mass is 457 g/mol. The molecule has 0 spiro atoms. The Bertz CT molecular complexity index is 1150. The third kappa shape index (κ3) is 6.34. The lowest BCUT2D eigenvalue weighted by Gasteiger charge is -2.13. The molecular formula is C20H22F3N3O4S. The lowest BCUT2D eigenvalue weighted by Crippen LogP contribution is -2.10. The molecule has 0 aliphatic carbocycles. The van der Waals surface area contributed by atoms with Gasteiger partial charge in [0.15, 0.2) is 0 Å². The summed E-state index contributed by atoms with van der Waals surface area (Å²) in [6, 6.07) is 10.8. The van der Waals surface area contributed by atoms with Gasteiger partial charge in [-0.25, -0.2) is 8.42 Å². The van der Waals surface area contributed by atoms with E-state index < -0.39 is 28.0 Å². The van der Waals surface area contributed by atoms with E-state index in [1.54, 1.807) is 24.3 Å². The zero-order valence-electron chi connectivity index (χ0n) is 16.6. The van der Waals surface area contributed by atoms with Gasteiger partial charge in [-0.15, -0.1) is 0 Å². The lowest BCUT2D eigenvalue weighted by molar-refractivity contribution is -0.139. The second kappa shape index (κ2) is 9.15. The van der Waals surface area contributed by atoms with E-state index in [2.05, 4.69) is 9.82 Å². The largest absolute Gasteiger partial charge is 0.494 e. The number of nitrogens with one attached hydrogen (secondary N) is 2. The normalized spacial score (nSPS) is 13.3. The van der Waals surface area contributed by atoms with Crippen molar-refractivity contribution >= 4 is 26.6 Å². The van der Waals surface area contributed by atoms with Gasteiger partial charge in [0.2, 0.25) is 10.0 Å². The molecule has 3 N–H and O–H groups in total. The number of H-pyrrole nitrogens is 1. The van der Waals surface area contributed by atoms with Crippen LogP contribution in [0, 0.1) is 0 Å². The molecule has 0 unspecified atom stereocenters. The first kappa shape index (κ1) is 22.9. The minimum atomic E-state index is -4.50. The maximum Gasteiger partial charge on any atom is 0.433 e. The van der Waals surface area contributed by atoms with Gasteiger partial charge in [0.05, 0.1) is 24.5 Å². The number of benzene rings is 2. The number of hydrogen-bond donors (Lipinski definition) is 3. The van der Waals surface area contributed by atoms with Crippen molar-refractivity contribution in [1.82, 2.24) is 10.2 Å². The number of aromatic nitrogens is 2. The fourth-order valence-corrected chi connectivity index (χ4v) is 3.67. The highest BCUT2D eigenvalue weighted by Crippen LogP contribution is 2.34. The predicted molar refractivity (Wildman–Crippen MR) is 110 cm³/mol. The lowest BCUT2D eigenvalue weighted by atomic mass is 10.0. The third-order valence-electron chi connectivity index (χ3n) is 4.53. The van der Waals surface area contributed by atoms with Crippen LogP contribution < -0.4 is 9.46 Å². The van der Waals surface area contributed by atoms with Crippen LogP contribution in [0.4, 0.5) is 18.9 Å². The number of nitrogens with zero attached hydrogens (tertiary/aromatic N) is 1. The number of sulfonamides is 1. The molecule has 0 radical (unpaired) electrons. The van der Waals surface area contributed by atoms with Crippen molar-refractivity contribution in [1.29, 1.82) is 0 Å². The zero-order valence-corrected chi connectivity index (χ0v) is 17.4. The number of aromatic amines is 1. The SMILES string of the molecule is CS(=O)(=O)Nc1cccc([C@@H](O)CCCCOc2ccc3c(C(F)(F)F)[nH]nc3c2)c1. The highest BCUT2D eigenvalue weighted by molar-refractivity contribution is 7.92. The van der Waals surface area contributed by atoms with Crippen molar-refractivity contribution in [2.24, 2.45) is 0 Å². The molecule has 168 valence electrons. The minimum absolute atomic E-state index is 0.0180. The number of aliphatic hydroxyl groups is 1. The van der Waals surface area contributed by atoms with E-state index in [1.165, 1.54) is 18.2 Å². The van der Waals surface area contributed by atoms with Crippen LogP contribution in [0.1, 0.15) is 36.6 Å². The molecule has 1 aromatic heterocycles. The van der Waals surface area contributed by atoms with Crippen molar-refractivity contribution < 1.29 is 31.4 Å². The summed E-state index contributed by atoms with van der Waals surface area (Å²) in [6.07, 6.45) is -2.52. The molecule has 0 amide bonds. The van der Waals surface area contributed by atoms with Gasteiger partial charge in [0.25, 0.3) is 0 Å². The molecule has 0 fully saturated rings. The first-order valence-electron chi connectivity index (χ1n) is 9.47. The van der Waals surface area contributed by atoms with E-state index >= 15 is 0 Å². The third-order valence-corrected chi connectivity index (χ3v) is 5.13. The van der Waals surface area contributed by atoms with Crippen molar-refractivity contribution in [3.63, 3.8) is 0 Å². The summed E-state index contributed by atoms with van der Waals surface area (Å²) in [5.74, 6) is 0.410. The molecule has 3 rings (SSSR count). The number of fused-ring (bicyclic) bond motifs is 1. The molecule has 0 saturated carbocycles. The van der Waals surface area contributed by atoms with Gasteiger partial charge in [-0.3, -0.25) is 9.82 Å². The topological polar surface area (TPSA) is 104 Å². The summed E-state index contributed by atoms with van der Waals surface area (Å²) >= 11 is 0. The van der Waals surface area contributed by atoms with Gasteiger partial charge < -0.3 is 9.84 Å². The Morgan fingerprint density at radius 3 is 2.68 bits per heavy atom. The molecule has 0 bridgehead atoms. The zero-order chi connectivity index (χ0) is 22.6. The predicted octanol–water partition coefficient (Wildman–Crippen LogP) is 4.24. The van der Waals surface area contributed by atoms with Crippen molar-refractivity contribution in [3.8, 4) is 5.75 Å². The molecule has 1 atom stereocenters. The van der Waals surface area contributed by atoms with E-state index in [-0.39, 0.29) is 10.9 Å². The molecule has 0 saturated heterocycles. The number of unbranched alkanes of at least 4 members (excludes halogenated alkanes) is 1. The first-order valence-corrected chi connectivity index (χ1v) is 11.4. The fraction of sp³-hybridized carbons (Fsp3) is 0.350. The Morgan fingerprint density at radius 2 is 1.97 bits per heavy atom. The quantitative estimate of drug-likeness (QED) is 0.417. The van der Waals surface area contributed by atoms with Gasteiger partial charge in [-0.1, -0.05) is 12.1 Å². The number of halogens is 3. The average Bonchev–Trinajstić information content (AvgIpc) is 3.10. The van der Waals surface area contributed by atoms with Crippen LogP contribution in [-0.4, -0.2) is 36.6 Å². The Labute approximate surface area is 177 Å². The molecule has 0 aliphatic rings. The molecule has 2 aromatic carbocycles. The molecule has 1 heterocycles. The molecule has 11 heteroatoms. The summed E-state index contributed by atoms with van der Waals surface area (Å²) in [6.45, 7) is 0.324. The summed E-state index contributed by atoms with van der Waals surface area (Å²) in [5.41, 5.74) is 0.255. The number of aliphatic hydroxyl groups excluding tert-OH is 1. The second-order valence-corrected chi connectivity index (χ2v) is 8.88. The van der Waals surface area contributed by atoms with Crippen LogP contribution >= 0.6 is 0 Å². The van der Waals surface area contributed by atoms with E-state index in [0.29, 0.717) is 42.9 Å². The number of rotatable bonds is 9. The van der Waals surface area contributed by atoms with Crippen LogP contribution in [0.2, 0.25) is 0 Å². The number of ether oxygens (including phenoxy) is 1. The van der Waals surface area contributed by atoms with Crippen molar-refractivity contribution in [2.45, 2.75) is 31.5 Å². The summed E-state index contributed by atoms with van der Waals surface area (Å²) in [7, 11) is -3.40. The van der Waals surface area contributed by atoms with Crippen LogP contribution in [0.25, 0.3) is 10.9 Å². The molecule has 31 heavy (non-hydrogen) atoms. The van der Waals surface area contributed by atoms with Gasteiger partial charge in [-0.2, -0.15) is 18.3 Å². The molecular weight excluding hydrogens is 435 g/mol. The Hall–Kier alpha value is -2.79. The maximum absolute atomic E-state index is 12.9. The molecule has 3 aromatic rings. The van der Waals surface area contributed by atoms with Crippen molar-refractivity contribution in [3.05, 3.63) is 53.7 Å². The number of alkyl halides is 3. The average molecular weight is 457 g/mol. The minimum Gasteiger partial charge on any atom is -0.494 e. The smallest absolute Gasteiger partial charge is 0.433 e. The van der Waals surface area contributed by atoms with E-state index in [1.807, 2.05) is 5.10 Å². The Morgan fingerprint density at radius 1 is 1.19 bits per heavy atom. The summed E-state index contributed by atoms with van der Waals surface area (Å²) in [5, 5.41) is 16.0. The summed E-state index contributed by atoms with van der Waals surface area (Å²) in [4.78, 5) is 0. The van der Waals surface area contributed by atoms with Crippen LogP contribution in [-0.2, 0) is 16.2 Å². The maximum atomic E-state index is 12.9. The molecule has 7 nitrogen and oxygen atoms in total. The highest BCUT2D eigenvalue weighted by atomic mass is 32.2. The molecule has 0 aliphatic heterocycles. The van der Waals surface area contributed by atoms with Crippen LogP contribution in [0.5, 0.6) is 5.75 Å². The number of hydrogen-bond acceptors (Lipinski definition) is 5. The highest BCUT2D eigenvalue weighted by Gasteiger charge is 2.35. The van der Waals surface area contributed by atoms with E-state index in [0.717, 1.165) is 6.26 Å². The summed E-state index contributed by atoms with van der Waals surface area (Å²) < 4.78 is 69.2. The number of anilines is 1. The second-order valence-electron chi connectivity index (χ2n) is 7.14. The van der Waals surface area contributed by atoms with Gasteiger partial charge >= 0.3 is 6.18 Å². The van der Waals surface area contributed by atoms with E-state index in [4.69, 9.17) is 4.74 Å². The van der Waals surface area contributed by atoms with Gasteiger partial charge in [-0.05, 0) is 49.1 Å². The van der Waals surface area contributed by atoms with Crippen LogP contribution in [0.3, 0.4) is 0 Å². The Kier molecular flexibility index (Phi) is 6.75. The van der Waals surface area contributed by atoms with Gasteiger partial charge in [0.1, 0.15) is 11.4 Å². The van der Waals surface area contributed by atoms with E-state index in [9.17, 15) is 26.7 Å². The standard InChI is InChI=1S/C20H22F3N3O4S/c1-31(28,29)26-14-6-4-5-13(11-14)18(27)7-2-3-10-30-15-8-9-16-17(12-15)24-25-19(16)20(21,22)23/h4-6,8-9,11-12,18,26-27H,2-3,7,10H2,1H3,(H,24,25)/t18-/m0/s1.